The van der Waals surface area contributed by atoms with Crippen LogP contribution in [0.1, 0.15) is 38.5 Å². The van der Waals surface area contributed by atoms with E-state index in [1.807, 2.05) is 0 Å². The van der Waals surface area contributed by atoms with Crippen molar-refractivity contribution in [1.29, 1.82) is 0 Å². The molecule has 0 aromatic heterocycles. The van der Waals surface area contributed by atoms with Crippen LogP contribution < -0.4 is 5.73 Å². The Balaban J connectivity index is 2.45. The second-order valence-electron chi connectivity index (χ2n) is 4.46. The third-order valence-corrected chi connectivity index (χ3v) is 3.20. The zero-order valence-corrected chi connectivity index (χ0v) is 9.55. The molecule has 1 aliphatic carbocycles. The van der Waals surface area contributed by atoms with Gasteiger partial charge in [0.2, 0.25) is 0 Å². The molecular weight excluding hydrogens is 216 g/mol. The zero-order chi connectivity index (χ0) is 12.2. The molecule has 1 aliphatic rings. The molecule has 0 spiro atoms. The summed E-state index contributed by atoms with van der Waals surface area (Å²) < 4.78 is 31.8. The Morgan fingerprint density at radius 2 is 2.19 bits per heavy atom. The van der Waals surface area contributed by atoms with Crippen LogP contribution in [0, 0.1) is 5.92 Å². The van der Waals surface area contributed by atoms with E-state index in [1.54, 1.807) is 0 Å². The van der Waals surface area contributed by atoms with Gasteiger partial charge in [-0.15, -0.1) is 0 Å². The molecule has 5 heteroatoms. The van der Waals surface area contributed by atoms with Gasteiger partial charge in [-0.1, -0.05) is 6.42 Å². The van der Waals surface area contributed by atoms with E-state index in [1.165, 1.54) is 7.11 Å². The summed E-state index contributed by atoms with van der Waals surface area (Å²) in [7, 11) is 1.21. The lowest BCUT2D eigenvalue weighted by molar-refractivity contribution is -0.144. The highest BCUT2D eigenvalue weighted by atomic mass is 19.3. The smallest absolute Gasteiger partial charge is 0.305 e. The fourth-order valence-corrected chi connectivity index (χ4v) is 2.19. The molecule has 0 aromatic carbocycles. The van der Waals surface area contributed by atoms with Gasteiger partial charge in [-0.25, -0.2) is 8.78 Å². The van der Waals surface area contributed by atoms with Crippen molar-refractivity contribution in [2.24, 2.45) is 11.7 Å². The van der Waals surface area contributed by atoms with Gasteiger partial charge in [-0.3, -0.25) is 4.79 Å². The molecule has 2 N–H and O–H groups in total. The highest BCUT2D eigenvalue weighted by molar-refractivity contribution is 5.69. The first-order chi connectivity index (χ1) is 7.45. The van der Waals surface area contributed by atoms with Gasteiger partial charge in [-0.2, -0.15) is 0 Å². The van der Waals surface area contributed by atoms with Crippen LogP contribution in [0.25, 0.3) is 0 Å². The molecule has 0 radical (unpaired) electrons. The van der Waals surface area contributed by atoms with E-state index in [0.29, 0.717) is 12.8 Å². The quantitative estimate of drug-likeness (QED) is 0.759. The van der Waals surface area contributed by atoms with Gasteiger partial charge in [0.25, 0.3) is 5.92 Å². The van der Waals surface area contributed by atoms with E-state index in [-0.39, 0.29) is 12.5 Å². The number of hydrogen-bond donors (Lipinski definition) is 1. The number of esters is 1. The standard InChI is InChI=1S/C11H19F2NO2/c1-16-10(15)5-6-11(12,13)8-3-2-4-9(14)7-8/h8-9H,2-7,14H2,1H3/t8?,9-/m0/s1. The summed E-state index contributed by atoms with van der Waals surface area (Å²) in [5.74, 6) is -4.06. The lowest BCUT2D eigenvalue weighted by Crippen LogP contribution is -2.38. The van der Waals surface area contributed by atoms with Crippen LogP contribution in [0.2, 0.25) is 0 Å². The summed E-state index contributed by atoms with van der Waals surface area (Å²) >= 11 is 0. The van der Waals surface area contributed by atoms with Gasteiger partial charge < -0.3 is 10.5 Å². The average Bonchev–Trinajstić information content (AvgIpc) is 2.26. The fraction of sp³-hybridized carbons (Fsp3) is 0.909. The Kier molecular flexibility index (Phi) is 4.65. The van der Waals surface area contributed by atoms with Gasteiger partial charge in [0.1, 0.15) is 0 Å². The Morgan fingerprint density at radius 1 is 1.50 bits per heavy atom. The van der Waals surface area contributed by atoms with Crippen LogP contribution in [0.5, 0.6) is 0 Å². The third kappa shape index (κ3) is 3.70. The number of carbonyl (C=O) groups excluding carboxylic acids is 1. The predicted octanol–water partition coefficient (Wildman–Crippen LogP) is 2.09. The number of nitrogens with two attached hydrogens (primary N) is 1. The predicted molar refractivity (Wildman–Crippen MR) is 56.1 cm³/mol. The minimum atomic E-state index is -2.80. The molecule has 3 nitrogen and oxygen atoms in total. The maximum atomic E-state index is 13.7. The van der Waals surface area contributed by atoms with Gasteiger partial charge in [0.05, 0.1) is 13.5 Å². The van der Waals surface area contributed by atoms with E-state index in [4.69, 9.17) is 5.73 Å². The summed E-state index contributed by atoms with van der Waals surface area (Å²) in [6, 6.07) is -0.122. The van der Waals surface area contributed by atoms with Crippen molar-refractivity contribution in [1.82, 2.24) is 0 Å². The number of hydrogen-bond acceptors (Lipinski definition) is 3. The van der Waals surface area contributed by atoms with Crippen LogP contribution in [-0.4, -0.2) is 25.0 Å². The Hall–Kier alpha value is -0.710. The molecule has 0 saturated heterocycles. The molecule has 0 heterocycles. The van der Waals surface area contributed by atoms with Crippen molar-refractivity contribution in [2.75, 3.05) is 7.11 Å². The van der Waals surface area contributed by atoms with Crippen molar-refractivity contribution in [2.45, 2.75) is 50.5 Å². The molecule has 1 saturated carbocycles. The normalized spacial score (nSPS) is 26.5. The molecule has 0 amide bonds. The maximum Gasteiger partial charge on any atom is 0.305 e. The van der Waals surface area contributed by atoms with E-state index in [2.05, 4.69) is 4.74 Å². The fourth-order valence-electron chi connectivity index (χ4n) is 2.19. The first kappa shape index (κ1) is 13.4. The topological polar surface area (TPSA) is 52.3 Å². The summed E-state index contributed by atoms with van der Waals surface area (Å²) in [5.41, 5.74) is 5.68. The second kappa shape index (κ2) is 5.57. The average molecular weight is 235 g/mol. The summed E-state index contributed by atoms with van der Waals surface area (Å²) in [6.07, 6.45) is 1.77. The summed E-state index contributed by atoms with van der Waals surface area (Å²) in [4.78, 5) is 10.8. The highest BCUT2D eigenvalue weighted by Crippen LogP contribution is 2.39. The summed E-state index contributed by atoms with van der Waals surface area (Å²) in [5, 5.41) is 0. The minimum Gasteiger partial charge on any atom is -0.469 e. The number of halogens is 2. The first-order valence-electron chi connectivity index (χ1n) is 5.66. The van der Waals surface area contributed by atoms with Gasteiger partial charge in [-0.05, 0) is 19.3 Å². The minimum absolute atomic E-state index is 0.122. The van der Waals surface area contributed by atoms with Crippen LogP contribution in [0.4, 0.5) is 8.78 Å². The molecular formula is C11H19F2NO2. The summed E-state index contributed by atoms with van der Waals surface area (Å²) in [6.45, 7) is 0. The highest BCUT2D eigenvalue weighted by Gasteiger charge is 2.41. The number of ether oxygens (including phenoxy) is 1. The molecule has 0 aliphatic heterocycles. The van der Waals surface area contributed by atoms with Crippen molar-refractivity contribution in [3.63, 3.8) is 0 Å². The van der Waals surface area contributed by atoms with E-state index >= 15 is 0 Å². The van der Waals surface area contributed by atoms with Crippen molar-refractivity contribution in [3.8, 4) is 0 Å². The van der Waals surface area contributed by atoms with Crippen molar-refractivity contribution >= 4 is 5.97 Å². The molecule has 0 aromatic rings. The van der Waals surface area contributed by atoms with Crippen molar-refractivity contribution in [3.05, 3.63) is 0 Å². The van der Waals surface area contributed by atoms with Crippen molar-refractivity contribution < 1.29 is 18.3 Å². The number of alkyl halides is 2. The molecule has 2 atom stereocenters. The maximum absolute atomic E-state index is 13.7. The lowest BCUT2D eigenvalue weighted by Gasteiger charge is -2.32. The third-order valence-electron chi connectivity index (χ3n) is 3.20. The SMILES string of the molecule is COC(=O)CCC(F)(F)C1CCC[C@H](N)C1. The van der Waals surface area contributed by atoms with Gasteiger partial charge in [0, 0.05) is 18.4 Å². The molecule has 1 fully saturated rings. The van der Waals surface area contributed by atoms with Crippen LogP contribution in [0.15, 0.2) is 0 Å². The van der Waals surface area contributed by atoms with Gasteiger partial charge in [0.15, 0.2) is 0 Å². The van der Waals surface area contributed by atoms with E-state index in [9.17, 15) is 13.6 Å². The number of carbonyl (C=O) groups is 1. The van der Waals surface area contributed by atoms with Crippen LogP contribution in [0.3, 0.4) is 0 Å². The molecule has 0 bridgehead atoms. The van der Waals surface area contributed by atoms with Gasteiger partial charge >= 0.3 is 5.97 Å². The monoisotopic (exact) mass is 235 g/mol. The number of rotatable bonds is 4. The van der Waals surface area contributed by atoms with Crippen LogP contribution in [-0.2, 0) is 9.53 Å². The molecule has 1 rings (SSSR count). The van der Waals surface area contributed by atoms with E-state index in [0.717, 1.165) is 12.8 Å². The Labute approximate surface area is 94.3 Å². The largest absolute Gasteiger partial charge is 0.469 e. The molecule has 1 unspecified atom stereocenters. The zero-order valence-electron chi connectivity index (χ0n) is 9.55. The first-order valence-corrected chi connectivity index (χ1v) is 5.66. The Morgan fingerprint density at radius 3 is 2.75 bits per heavy atom. The lowest BCUT2D eigenvalue weighted by atomic mass is 9.81. The molecule has 16 heavy (non-hydrogen) atoms. The second-order valence-corrected chi connectivity index (χ2v) is 4.46. The number of methoxy groups -OCH3 is 1. The van der Waals surface area contributed by atoms with Crippen LogP contribution >= 0.6 is 0 Å². The van der Waals surface area contributed by atoms with E-state index < -0.39 is 24.2 Å². The Bertz CT molecular complexity index is 246. The molecule has 94 valence electrons.